The van der Waals surface area contributed by atoms with Gasteiger partial charge >= 0.3 is 0 Å². The average molecular weight is 426 g/mol. The number of nitrogens with zero attached hydrogens (tertiary/aromatic N) is 2. The van der Waals surface area contributed by atoms with E-state index in [1.165, 1.54) is 16.2 Å². The smallest absolute Gasteiger partial charge is 0.266 e. The molecule has 0 spiro atoms. The number of fused-ring (bicyclic) bond motifs is 1. The Labute approximate surface area is 175 Å². The third-order valence-electron chi connectivity index (χ3n) is 4.25. The highest BCUT2D eigenvalue weighted by molar-refractivity contribution is 8.26. The first-order valence-corrected chi connectivity index (χ1v) is 10.5. The van der Waals surface area contributed by atoms with Gasteiger partial charge in [0, 0.05) is 19.0 Å². The number of anilines is 1. The molecule has 140 valence electrons. The number of amides is 2. The highest BCUT2D eigenvalue weighted by Crippen LogP contribution is 2.34. The molecule has 0 saturated carbocycles. The maximum absolute atomic E-state index is 13.1. The van der Waals surface area contributed by atoms with Crippen molar-refractivity contribution in [3.63, 3.8) is 0 Å². The summed E-state index contributed by atoms with van der Waals surface area (Å²) in [6.45, 7) is 0. The van der Waals surface area contributed by atoms with Gasteiger partial charge in [-0.25, -0.2) is 4.98 Å². The van der Waals surface area contributed by atoms with Crippen molar-refractivity contribution in [3.8, 4) is 0 Å². The Hall–Kier alpha value is -2.55. The number of thiazole rings is 1. The number of carbonyl (C=O) groups excluding carboxylic acids is 2. The summed E-state index contributed by atoms with van der Waals surface area (Å²) in [7, 11) is 1.62. The van der Waals surface area contributed by atoms with Crippen molar-refractivity contribution in [2.24, 2.45) is 0 Å². The minimum Gasteiger partial charge on any atom is -0.298 e. The summed E-state index contributed by atoms with van der Waals surface area (Å²) in [4.78, 5) is 31.9. The van der Waals surface area contributed by atoms with Crippen molar-refractivity contribution in [3.05, 3.63) is 70.6 Å². The average Bonchev–Trinajstić information content (AvgIpc) is 3.22. The molecular weight excluding hydrogens is 410 g/mol. The van der Waals surface area contributed by atoms with E-state index in [4.69, 9.17) is 12.2 Å². The molecule has 1 aliphatic rings. The normalized spacial score (nSPS) is 16.0. The van der Waals surface area contributed by atoms with Crippen LogP contribution in [0.3, 0.4) is 0 Å². The van der Waals surface area contributed by atoms with E-state index in [2.05, 4.69) is 10.3 Å². The van der Waals surface area contributed by atoms with Gasteiger partial charge in [0.05, 0.1) is 15.1 Å². The zero-order valence-electron chi connectivity index (χ0n) is 14.8. The van der Waals surface area contributed by atoms with Crippen LogP contribution in [0.4, 0.5) is 5.13 Å². The van der Waals surface area contributed by atoms with E-state index in [0.717, 1.165) is 27.5 Å². The number of hydrogen-bond donors (Lipinski definition) is 1. The molecule has 1 aliphatic heterocycles. The molecule has 2 heterocycles. The zero-order valence-corrected chi connectivity index (χ0v) is 17.3. The van der Waals surface area contributed by atoms with Crippen molar-refractivity contribution in [2.75, 3.05) is 12.4 Å². The lowest BCUT2D eigenvalue weighted by molar-refractivity contribution is -0.122. The Morgan fingerprint density at radius 1 is 1.14 bits per heavy atom. The molecule has 2 amide bonds. The molecule has 0 aliphatic carbocycles. The molecule has 1 N–H and O–H groups in total. The van der Waals surface area contributed by atoms with E-state index >= 15 is 0 Å². The van der Waals surface area contributed by atoms with Crippen LogP contribution in [0.5, 0.6) is 0 Å². The first kappa shape index (κ1) is 18.8. The van der Waals surface area contributed by atoms with Crippen LogP contribution in [0.2, 0.25) is 0 Å². The SMILES string of the molecule is CN1C(=O)/C(=C(/Cc2ccccc2)C(=O)Nc2nc3ccccc3s2)SC1=S. The number of aromatic nitrogens is 1. The number of nitrogens with one attached hydrogen (secondary N) is 1. The molecule has 0 atom stereocenters. The maximum Gasteiger partial charge on any atom is 0.266 e. The third-order valence-corrected chi connectivity index (χ3v) is 6.80. The van der Waals surface area contributed by atoms with Crippen LogP contribution >= 0.6 is 35.3 Å². The van der Waals surface area contributed by atoms with Gasteiger partial charge in [-0.3, -0.25) is 19.8 Å². The second-order valence-electron chi connectivity index (χ2n) is 6.14. The van der Waals surface area contributed by atoms with Gasteiger partial charge in [0.2, 0.25) is 0 Å². The number of rotatable bonds is 4. The van der Waals surface area contributed by atoms with Crippen LogP contribution in [-0.4, -0.2) is 33.1 Å². The third kappa shape index (κ3) is 3.71. The summed E-state index contributed by atoms with van der Waals surface area (Å²) in [6.07, 6.45) is 0.335. The van der Waals surface area contributed by atoms with E-state index in [-0.39, 0.29) is 11.8 Å². The number of hydrogen-bond acceptors (Lipinski definition) is 6. The van der Waals surface area contributed by atoms with Gasteiger partial charge in [-0.15, -0.1) is 0 Å². The van der Waals surface area contributed by atoms with Crippen molar-refractivity contribution >= 4 is 66.8 Å². The number of benzene rings is 2. The second-order valence-corrected chi connectivity index (χ2v) is 8.82. The lowest BCUT2D eigenvalue weighted by Gasteiger charge is -2.10. The monoisotopic (exact) mass is 425 g/mol. The predicted octanol–water partition coefficient (Wildman–Crippen LogP) is 4.22. The van der Waals surface area contributed by atoms with Crippen LogP contribution in [-0.2, 0) is 16.0 Å². The standard InChI is InChI=1S/C20H15N3O2S3/c1-23-18(25)16(28-20(23)26)13(11-12-7-3-2-4-8-12)17(24)22-19-21-14-9-5-6-10-15(14)27-19/h2-10H,11H2,1H3,(H,21,22,24)/b16-13+. The van der Waals surface area contributed by atoms with Crippen LogP contribution in [0.25, 0.3) is 10.2 Å². The highest BCUT2D eigenvalue weighted by atomic mass is 32.2. The maximum atomic E-state index is 13.1. The summed E-state index contributed by atoms with van der Waals surface area (Å²) in [6, 6.07) is 17.3. The van der Waals surface area contributed by atoms with Crippen molar-refractivity contribution in [1.82, 2.24) is 9.88 Å². The molecule has 3 aromatic rings. The Bertz CT molecular complexity index is 1090. The first-order valence-electron chi connectivity index (χ1n) is 8.47. The molecule has 0 unspecified atom stereocenters. The highest BCUT2D eigenvalue weighted by Gasteiger charge is 2.34. The Balaban J connectivity index is 1.69. The molecule has 1 saturated heterocycles. The lowest BCUT2D eigenvalue weighted by Crippen LogP contribution is -2.24. The van der Waals surface area contributed by atoms with Crippen LogP contribution in [0, 0.1) is 0 Å². The van der Waals surface area contributed by atoms with Crippen LogP contribution in [0.1, 0.15) is 5.56 Å². The molecule has 5 nitrogen and oxygen atoms in total. The Morgan fingerprint density at radius 3 is 2.54 bits per heavy atom. The largest absolute Gasteiger partial charge is 0.298 e. The summed E-state index contributed by atoms with van der Waals surface area (Å²) in [5.41, 5.74) is 2.16. The van der Waals surface area contributed by atoms with Gasteiger partial charge in [-0.1, -0.05) is 77.8 Å². The number of likely N-dealkylation sites (N-methyl/N-ethyl adjacent to an activating group) is 1. The molecule has 8 heteroatoms. The minimum absolute atomic E-state index is 0.250. The number of thioether (sulfide) groups is 1. The fourth-order valence-corrected chi connectivity index (χ4v) is 4.89. The first-order chi connectivity index (χ1) is 13.5. The quantitative estimate of drug-likeness (QED) is 0.501. The number of thiocarbonyl (C=S) groups is 1. The molecule has 1 aromatic heterocycles. The minimum atomic E-state index is -0.336. The van der Waals surface area contributed by atoms with E-state index in [9.17, 15) is 9.59 Å². The number of para-hydroxylation sites is 1. The van der Waals surface area contributed by atoms with Crippen LogP contribution < -0.4 is 5.32 Å². The van der Waals surface area contributed by atoms with Crippen molar-refractivity contribution in [1.29, 1.82) is 0 Å². The van der Waals surface area contributed by atoms with Gasteiger partial charge in [0.25, 0.3) is 11.8 Å². The number of carbonyl (C=O) groups is 2. The van der Waals surface area contributed by atoms with Gasteiger partial charge < -0.3 is 0 Å². The fourth-order valence-electron chi connectivity index (χ4n) is 2.79. The summed E-state index contributed by atoms with van der Waals surface area (Å²) < 4.78 is 1.43. The zero-order chi connectivity index (χ0) is 19.7. The van der Waals surface area contributed by atoms with Crippen molar-refractivity contribution in [2.45, 2.75) is 6.42 Å². The Kier molecular flexibility index (Phi) is 5.25. The summed E-state index contributed by atoms with van der Waals surface area (Å²) in [5.74, 6) is -0.586. The van der Waals surface area contributed by atoms with Crippen LogP contribution in [0.15, 0.2) is 65.1 Å². The molecule has 2 aromatic carbocycles. The second kappa shape index (κ2) is 7.83. The van der Waals surface area contributed by atoms with Gasteiger partial charge in [-0.05, 0) is 17.7 Å². The molecule has 1 fully saturated rings. The van der Waals surface area contributed by atoms with E-state index < -0.39 is 0 Å². The summed E-state index contributed by atoms with van der Waals surface area (Å²) in [5, 5.41) is 3.37. The van der Waals surface area contributed by atoms with Crippen molar-refractivity contribution < 1.29 is 9.59 Å². The molecule has 0 bridgehead atoms. The topological polar surface area (TPSA) is 62.3 Å². The molecular formula is C20H15N3O2S3. The van der Waals surface area contributed by atoms with E-state index in [1.807, 2.05) is 54.6 Å². The Morgan fingerprint density at radius 2 is 1.86 bits per heavy atom. The van der Waals surface area contributed by atoms with E-state index in [1.54, 1.807) is 7.05 Å². The molecule has 4 rings (SSSR count). The molecule has 0 radical (unpaired) electrons. The molecule has 28 heavy (non-hydrogen) atoms. The van der Waals surface area contributed by atoms with E-state index in [0.29, 0.717) is 26.4 Å². The predicted molar refractivity (Wildman–Crippen MR) is 118 cm³/mol. The fraction of sp³-hybridized carbons (Fsp3) is 0.100. The lowest BCUT2D eigenvalue weighted by atomic mass is 10.0. The van der Waals surface area contributed by atoms with Gasteiger partial charge in [0.15, 0.2) is 5.13 Å². The summed E-state index contributed by atoms with van der Waals surface area (Å²) >= 11 is 7.79. The van der Waals surface area contributed by atoms with Gasteiger partial charge in [0.1, 0.15) is 4.32 Å². The van der Waals surface area contributed by atoms with Gasteiger partial charge in [-0.2, -0.15) is 0 Å².